The molecule has 4 aliphatic rings. The topological polar surface area (TPSA) is 239 Å². The molecule has 0 radical (unpaired) electrons. The van der Waals surface area contributed by atoms with Gasteiger partial charge < -0.3 is 77.9 Å². The number of ketones is 1. The molecule has 0 amide bonds. The molecule has 4 rings (SSSR count). The fourth-order valence-corrected chi connectivity index (χ4v) is 9.51. The molecule has 368 valence electrons. The van der Waals surface area contributed by atoms with Crippen LogP contribution in [0.4, 0.5) is 0 Å². The van der Waals surface area contributed by atoms with Crippen molar-refractivity contribution < 1.29 is 82.5 Å². The van der Waals surface area contributed by atoms with Crippen molar-refractivity contribution in [3.8, 4) is 0 Å². The Balaban J connectivity index is 1.62. The van der Waals surface area contributed by atoms with E-state index in [0.29, 0.717) is 12.0 Å². The van der Waals surface area contributed by atoms with Gasteiger partial charge in [0.25, 0.3) is 0 Å². The van der Waals surface area contributed by atoms with Gasteiger partial charge in [-0.25, -0.2) is 0 Å². The molecule has 21 atom stereocenters. The van der Waals surface area contributed by atoms with Crippen LogP contribution in [0.15, 0.2) is 23.8 Å². The molecule has 7 unspecified atom stereocenters. The van der Waals surface area contributed by atoms with Crippen LogP contribution in [0.5, 0.6) is 0 Å². The molecular weight excluding hydrogens is 838 g/mol. The summed E-state index contributed by atoms with van der Waals surface area (Å²) in [5.41, 5.74) is -0.806. The van der Waals surface area contributed by atoms with E-state index >= 15 is 0 Å². The lowest BCUT2D eigenvalue weighted by molar-refractivity contribution is -0.341. The molecule has 0 bridgehead atoms. The highest BCUT2D eigenvalue weighted by Gasteiger charge is 2.52. The lowest BCUT2D eigenvalue weighted by Crippen LogP contribution is -2.65. The van der Waals surface area contributed by atoms with Crippen LogP contribution in [-0.4, -0.2) is 187 Å². The number of aldehydes is 1. The Hall–Kier alpha value is -2.27. The van der Waals surface area contributed by atoms with Crippen molar-refractivity contribution in [2.24, 2.45) is 23.7 Å². The summed E-state index contributed by atoms with van der Waals surface area (Å²) in [7, 11) is 6.43. The Morgan fingerprint density at radius 3 is 2.11 bits per heavy atom. The molecule has 0 aromatic heterocycles. The van der Waals surface area contributed by atoms with E-state index < -0.39 is 140 Å². The number of cyclic esters (lactones) is 1. The van der Waals surface area contributed by atoms with Crippen molar-refractivity contribution in [2.45, 2.75) is 191 Å². The third kappa shape index (κ3) is 13.5. The Labute approximate surface area is 378 Å². The summed E-state index contributed by atoms with van der Waals surface area (Å²) in [6.45, 7) is 13.6. The first-order chi connectivity index (χ1) is 30.1. The highest BCUT2D eigenvalue weighted by Crippen LogP contribution is 2.37. The largest absolute Gasteiger partial charge is 0.462 e. The number of carbonyl (C=O) groups excluding carboxylic acids is 3. The number of aliphatic hydroxyl groups is 5. The molecule has 0 saturated carbocycles. The summed E-state index contributed by atoms with van der Waals surface area (Å²) in [5.74, 6) is -3.59. The van der Waals surface area contributed by atoms with Crippen LogP contribution in [0.25, 0.3) is 0 Å². The number of allylic oxidation sites excluding steroid dienone is 3. The predicted octanol–water partition coefficient (Wildman–Crippen LogP) is 1.83. The lowest BCUT2D eigenvalue weighted by atomic mass is 9.79. The molecule has 0 aromatic carbocycles. The monoisotopic (exact) mass is 916 g/mol. The third-order valence-corrected chi connectivity index (χ3v) is 13.4. The van der Waals surface area contributed by atoms with Gasteiger partial charge in [0.1, 0.15) is 49.0 Å². The first kappa shape index (κ1) is 54.3. The molecular formula is C46H77NO17. The first-order valence-corrected chi connectivity index (χ1v) is 22.7. The highest BCUT2D eigenvalue weighted by molar-refractivity contribution is 5.91. The quantitative estimate of drug-likeness (QED) is 0.131. The highest BCUT2D eigenvalue weighted by atomic mass is 16.7. The molecule has 0 spiro atoms. The summed E-state index contributed by atoms with van der Waals surface area (Å²) in [6, 6.07) is -0.748. The molecule has 0 aliphatic carbocycles. The lowest BCUT2D eigenvalue weighted by Gasteiger charge is -2.50. The van der Waals surface area contributed by atoms with Crippen molar-refractivity contribution >= 4 is 18.0 Å². The number of hydrogen-bond acceptors (Lipinski definition) is 18. The summed E-state index contributed by atoms with van der Waals surface area (Å²) in [6.07, 6.45) is -8.49. The normalized spacial score (nSPS) is 44.6. The minimum absolute atomic E-state index is 0.00788. The molecule has 3 fully saturated rings. The Morgan fingerprint density at radius 1 is 0.859 bits per heavy atom. The zero-order valence-electron chi connectivity index (χ0n) is 39.7. The van der Waals surface area contributed by atoms with Gasteiger partial charge in [-0.1, -0.05) is 38.5 Å². The average molecular weight is 916 g/mol. The zero-order valence-corrected chi connectivity index (χ0v) is 39.7. The maximum absolute atomic E-state index is 13.8. The third-order valence-electron chi connectivity index (χ3n) is 13.4. The van der Waals surface area contributed by atoms with E-state index in [1.807, 2.05) is 19.9 Å². The van der Waals surface area contributed by atoms with Crippen LogP contribution in [0.3, 0.4) is 0 Å². The standard InChI is InChI=1S/C46H77NO17/c1-13-33-30(22-58-45-42(57-12)41(56-11)37(52)26(5)60-45)18-23(2)14-15-31(49)24(3)19-29(16-17-48)39(25(4)32(50)20-34(51)62-33)64-44-38(53)36(47(9)10)40(27(6)61-44)63-35-21-46(8,55)43(54)28(7)59-35/h14-15,17-18,24-30,32-33,35-45,50,52-55H,13,16,19-22H2,1-12H3/t24-,25+,26?,27?,28?,29+,30-,32-,33-,35+,36?,37-,38?,39-,40-,41+,42?,43+,44+,45-,46?/m1/s1. The van der Waals surface area contributed by atoms with Gasteiger partial charge in [-0.15, -0.1) is 0 Å². The molecule has 5 N–H and O–H groups in total. The number of methoxy groups -OCH3 is 2. The fraction of sp³-hybridized carbons (Fsp3) is 0.848. The number of aliphatic hydroxyl groups excluding tert-OH is 4. The smallest absolute Gasteiger partial charge is 0.308 e. The molecule has 18 heteroatoms. The van der Waals surface area contributed by atoms with Crippen LogP contribution in [0.1, 0.15) is 87.5 Å². The summed E-state index contributed by atoms with van der Waals surface area (Å²) < 4.78 is 54.7. The molecule has 3 saturated heterocycles. The van der Waals surface area contributed by atoms with Gasteiger partial charge in [0.2, 0.25) is 0 Å². The maximum atomic E-state index is 13.8. The zero-order chi connectivity index (χ0) is 47.8. The number of likely N-dealkylation sites (N-methyl/N-ethyl adjacent to an activating group) is 1. The second-order valence-corrected chi connectivity index (χ2v) is 18.7. The maximum Gasteiger partial charge on any atom is 0.308 e. The van der Waals surface area contributed by atoms with Crippen molar-refractivity contribution in [3.05, 3.63) is 23.8 Å². The number of rotatable bonds is 13. The van der Waals surface area contributed by atoms with Crippen LogP contribution in [0.2, 0.25) is 0 Å². The van der Waals surface area contributed by atoms with Gasteiger partial charge in [-0.05, 0) is 73.5 Å². The second-order valence-electron chi connectivity index (χ2n) is 18.7. The van der Waals surface area contributed by atoms with Crippen molar-refractivity contribution in [3.63, 3.8) is 0 Å². The van der Waals surface area contributed by atoms with Crippen LogP contribution in [-0.2, 0) is 57.0 Å². The van der Waals surface area contributed by atoms with E-state index in [0.717, 1.165) is 6.29 Å². The van der Waals surface area contributed by atoms with Gasteiger partial charge in [0.15, 0.2) is 24.7 Å². The van der Waals surface area contributed by atoms with Gasteiger partial charge in [0.05, 0.1) is 55.2 Å². The summed E-state index contributed by atoms with van der Waals surface area (Å²) in [5, 5.41) is 55.8. The minimum atomic E-state index is -1.49. The first-order valence-electron chi connectivity index (χ1n) is 22.7. The molecule has 4 aliphatic heterocycles. The molecule has 18 nitrogen and oxygen atoms in total. The molecule has 0 aromatic rings. The fourth-order valence-electron chi connectivity index (χ4n) is 9.51. The van der Waals surface area contributed by atoms with Crippen molar-refractivity contribution in [1.29, 1.82) is 0 Å². The van der Waals surface area contributed by atoms with Crippen LogP contribution in [0, 0.1) is 23.7 Å². The Morgan fingerprint density at radius 2 is 1.52 bits per heavy atom. The number of nitrogens with zero attached hydrogens (tertiary/aromatic N) is 1. The average Bonchev–Trinajstić information content (AvgIpc) is 3.23. The van der Waals surface area contributed by atoms with E-state index in [1.165, 1.54) is 27.2 Å². The van der Waals surface area contributed by atoms with Gasteiger partial charge in [-0.2, -0.15) is 0 Å². The summed E-state index contributed by atoms with van der Waals surface area (Å²) >= 11 is 0. The molecule has 64 heavy (non-hydrogen) atoms. The molecule has 4 heterocycles. The van der Waals surface area contributed by atoms with Crippen molar-refractivity contribution in [2.75, 3.05) is 34.9 Å². The number of carbonyl (C=O) groups is 3. The van der Waals surface area contributed by atoms with E-state index in [-0.39, 0.29) is 31.7 Å². The minimum Gasteiger partial charge on any atom is -0.462 e. The Kier molecular flexibility index (Phi) is 20.5. The van der Waals surface area contributed by atoms with E-state index in [1.54, 1.807) is 59.7 Å². The number of esters is 1. The number of hydrogen-bond donors (Lipinski definition) is 5. The van der Waals surface area contributed by atoms with Crippen LogP contribution < -0.4 is 0 Å². The Bertz CT molecular complexity index is 1560. The van der Waals surface area contributed by atoms with Gasteiger partial charge in [0, 0.05) is 44.8 Å². The predicted molar refractivity (Wildman–Crippen MR) is 230 cm³/mol. The van der Waals surface area contributed by atoms with Crippen LogP contribution >= 0.6 is 0 Å². The van der Waals surface area contributed by atoms with Gasteiger partial charge in [-0.3, -0.25) is 9.59 Å². The van der Waals surface area contributed by atoms with E-state index in [2.05, 4.69) is 0 Å². The van der Waals surface area contributed by atoms with E-state index in [4.69, 9.17) is 42.6 Å². The van der Waals surface area contributed by atoms with E-state index in [9.17, 15) is 39.9 Å². The summed E-state index contributed by atoms with van der Waals surface area (Å²) in [4.78, 5) is 41.5. The SMILES string of the molecule is CC[C@H]1OC(=O)C[C@@H](O)[C@H](C)[C@@H](O[C@@H]2OC(C)[C@@H](O[C@H]3CC(C)(O)[C@@H](O)C(C)O3)C(N(C)C)C2O)[C@@H](CC=O)C[C@@H](C)C(=O)C=CC(C)=C[C@@H]1CO[C@@H]1OC(C)[C@@H](O)[C@H](OC)C1OC. The number of ether oxygens (including phenoxy) is 9. The van der Waals surface area contributed by atoms with Crippen molar-refractivity contribution in [1.82, 2.24) is 4.90 Å². The second kappa shape index (κ2) is 24.1. The van der Waals surface area contributed by atoms with Gasteiger partial charge >= 0.3 is 5.97 Å².